The van der Waals surface area contributed by atoms with Crippen LogP contribution < -0.4 is 4.72 Å². The average molecular weight is 347 g/mol. The molecule has 3 rings (SSSR count). The summed E-state index contributed by atoms with van der Waals surface area (Å²) in [6.07, 6.45) is 0. The summed E-state index contributed by atoms with van der Waals surface area (Å²) in [6.45, 7) is 5.92. The first kappa shape index (κ1) is 16.7. The fourth-order valence-corrected chi connectivity index (χ4v) is 4.33. The van der Waals surface area contributed by atoms with E-state index < -0.39 is 16.1 Å². The van der Waals surface area contributed by atoms with Crippen molar-refractivity contribution in [3.63, 3.8) is 0 Å². The van der Waals surface area contributed by atoms with Crippen LogP contribution in [0, 0.1) is 6.92 Å². The molecule has 0 bridgehead atoms. The molecule has 24 heavy (non-hydrogen) atoms. The molecule has 3 aromatic rings. The Labute approximate surface area is 141 Å². The Hall–Kier alpha value is -2.19. The van der Waals surface area contributed by atoms with Crippen molar-refractivity contribution in [3.05, 3.63) is 41.9 Å². The molecule has 1 atom stereocenters. The van der Waals surface area contributed by atoms with E-state index in [-0.39, 0.29) is 5.03 Å². The average Bonchev–Trinajstić information content (AvgIpc) is 3.08. The lowest BCUT2D eigenvalue weighted by atomic mass is 10.3. The quantitative estimate of drug-likeness (QED) is 0.766. The maximum atomic E-state index is 12.7. The molecule has 0 fully saturated rings. The minimum atomic E-state index is -3.69. The summed E-state index contributed by atoms with van der Waals surface area (Å²) in [5.41, 5.74) is 2.48. The normalized spacial score (nSPS) is 13.5. The minimum absolute atomic E-state index is 0.174. The molecule has 0 saturated heterocycles. The van der Waals surface area contributed by atoms with Crippen molar-refractivity contribution in [1.29, 1.82) is 0 Å². The van der Waals surface area contributed by atoms with Gasteiger partial charge in [-0.2, -0.15) is 9.82 Å². The lowest BCUT2D eigenvalue weighted by Gasteiger charge is -2.14. The Morgan fingerprint density at radius 3 is 2.67 bits per heavy atom. The molecule has 1 aromatic carbocycles. The van der Waals surface area contributed by atoms with Gasteiger partial charge in [0.05, 0.1) is 22.8 Å². The van der Waals surface area contributed by atoms with Crippen LogP contribution in [0.15, 0.2) is 35.4 Å². The zero-order chi connectivity index (χ0) is 17.5. The summed E-state index contributed by atoms with van der Waals surface area (Å²) < 4.78 is 31.6. The highest BCUT2D eigenvalue weighted by atomic mass is 32.2. The summed E-state index contributed by atoms with van der Waals surface area (Å²) in [4.78, 5) is 4.55. The standard InChI is InChI=1S/C16H21N5O2S/c1-5-21-15(10-11(2)18-21)24(22,23)19-12(3)16-17-13-8-6-7-9-14(13)20(16)4/h6-10,12,19H,5H2,1-4H3/t12-/m0/s1. The zero-order valence-corrected chi connectivity index (χ0v) is 15.0. The fraction of sp³-hybridized carbons (Fsp3) is 0.375. The van der Waals surface area contributed by atoms with Crippen molar-refractivity contribution < 1.29 is 8.42 Å². The predicted molar refractivity (Wildman–Crippen MR) is 92.1 cm³/mol. The molecule has 0 spiro atoms. The van der Waals surface area contributed by atoms with Gasteiger partial charge in [0.15, 0.2) is 5.03 Å². The number of nitrogens with one attached hydrogen (secondary N) is 1. The van der Waals surface area contributed by atoms with Crippen molar-refractivity contribution in [2.45, 2.75) is 38.4 Å². The maximum Gasteiger partial charge on any atom is 0.258 e. The molecule has 1 N–H and O–H groups in total. The van der Waals surface area contributed by atoms with Crippen molar-refractivity contribution in [1.82, 2.24) is 24.1 Å². The number of aromatic nitrogens is 4. The second-order valence-corrected chi connectivity index (χ2v) is 7.46. The first-order valence-corrected chi connectivity index (χ1v) is 9.30. The molecule has 2 heterocycles. The van der Waals surface area contributed by atoms with Crippen LogP contribution in [0.1, 0.15) is 31.4 Å². The second kappa shape index (κ2) is 6.03. The number of sulfonamides is 1. The summed E-state index contributed by atoms with van der Waals surface area (Å²) in [6, 6.07) is 8.83. The highest BCUT2D eigenvalue weighted by Gasteiger charge is 2.25. The summed E-state index contributed by atoms with van der Waals surface area (Å²) in [5.74, 6) is 0.666. The molecule has 0 amide bonds. The van der Waals surface area contributed by atoms with E-state index in [1.807, 2.05) is 42.8 Å². The number of para-hydroxylation sites is 2. The van der Waals surface area contributed by atoms with Gasteiger partial charge in [0.1, 0.15) is 5.82 Å². The minimum Gasteiger partial charge on any atom is -0.330 e. The second-order valence-electron chi connectivity index (χ2n) is 5.80. The third-order valence-corrected chi connectivity index (χ3v) is 5.52. The van der Waals surface area contributed by atoms with Gasteiger partial charge in [-0.3, -0.25) is 4.68 Å². The summed E-state index contributed by atoms with van der Waals surface area (Å²) in [7, 11) is -1.80. The largest absolute Gasteiger partial charge is 0.330 e. The van der Waals surface area contributed by atoms with Crippen LogP contribution in [-0.4, -0.2) is 27.7 Å². The molecular weight excluding hydrogens is 326 g/mol. The van der Waals surface area contributed by atoms with Crippen LogP contribution in [0.25, 0.3) is 11.0 Å². The number of fused-ring (bicyclic) bond motifs is 1. The molecule has 0 radical (unpaired) electrons. The van der Waals surface area contributed by atoms with E-state index in [4.69, 9.17) is 0 Å². The highest BCUT2D eigenvalue weighted by Crippen LogP contribution is 2.21. The zero-order valence-electron chi connectivity index (χ0n) is 14.2. The van der Waals surface area contributed by atoms with E-state index in [2.05, 4.69) is 14.8 Å². The molecule has 128 valence electrons. The van der Waals surface area contributed by atoms with E-state index in [9.17, 15) is 8.42 Å². The Morgan fingerprint density at radius 1 is 1.29 bits per heavy atom. The number of benzene rings is 1. The molecule has 0 aliphatic rings. The number of hydrogen-bond donors (Lipinski definition) is 1. The first-order chi connectivity index (χ1) is 11.3. The topological polar surface area (TPSA) is 81.8 Å². The SMILES string of the molecule is CCn1nc(C)cc1S(=O)(=O)N[C@@H](C)c1nc2ccccc2n1C. The van der Waals surface area contributed by atoms with Crippen LogP contribution in [0.4, 0.5) is 0 Å². The van der Waals surface area contributed by atoms with Crippen molar-refractivity contribution in [2.24, 2.45) is 7.05 Å². The summed E-state index contributed by atoms with van der Waals surface area (Å²) >= 11 is 0. The number of imidazole rings is 1. The number of nitrogens with zero attached hydrogens (tertiary/aromatic N) is 4. The van der Waals surface area contributed by atoms with Crippen LogP contribution in [0.3, 0.4) is 0 Å². The Bertz CT molecular complexity index is 987. The van der Waals surface area contributed by atoms with Crippen LogP contribution in [0.2, 0.25) is 0 Å². The smallest absolute Gasteiger partial charge is 0.258 e. The molecule has 0 aliphatic carbocycles. The monoisotopic (exact) mass is 347 g/mol. The molecule has 2 aromatic heterocycles. The third-order valence-electron chi connectivity index (χ3n) is 3.98. The van der Waals surface area contributed by atoms with Crippen molar-refractivity contribution in [2.75, 3.05) is 0 Å². The van der Waals surface area contributed by atoms with Crippen molar-refractivity contribution >= 4 is 21.1 Å². The maximum absolute atomic E-state index is 12.7. The predicted octanol–water partition coefficient (Wildman–Crippen LogP) is 2.14. The third kappa shape index (κ3) is 2.83. The molecule has 0 saturated carbocycles. The summed E-state index contributed by atoms with van der Waals surface area (Å²) in [5, 5.41) is 4.38. The van der Waals surface area contributed by atoms with Crippen LogP contribution in [0.5, 0.6) is 0 Å². The van der Waals surface area contributed by atoms with E-state index in [0.29, 0.717) is 18.1 Å². The first-order valence-electron chi connectivity index (χ1n) is 7.81. The fourth-order valence-electron chi connectivity index (χ4n) is 2.86. The van der Waals surface area contributed by atoms with E-state index in [1.165, 1.54) is 4.68 Å². The lowest BCUT2D eigenvalue weighted by Crippen LogP contribution is -2.30. The van der Waals surface area contributed by atoms with Crippen LogP contribution >= 0.6 is 0 Å². The van der Waals surface area contributed by atoms with Gasteiger partial charge in [0.2, 0.25) is 0 Å². The number of rotatable bonds is 5. The van der Waals surface area contributed by atoms with Gasteiger partial charge in [0, 0.05) is 13.6 Å². The number of hydrogen-bond acceptors (Lipinski definition) is 4. The van der Waals surface area contributed by atoms with Crippen LogP contribution in [-0.2, 0) is 23.6 Å². The van der Waals surface area contributed by atoms with Gasteiger partial charge < -0.3 is 4.57 Å². The van der Waals surface area contributed by atoms with E-state index >= 15 is 0 Å². The van der Waals surface area contributed by atoms with Gasteiger partial charge in [-0.1, -0.05) is 12.1 Å². The van der Waals surface area contributed by atoms with Gasteiger partial charge in [-0.25, -0.2) is 13.4 Å². The van der Waals surface area contributed by atoms with Gasteiger partial charge in [-0.15, -0.1) is 0 Å². The van der Waals surface area contributed by atoms with E-state index in [0.717, 1.165) is 11.0 Å². The highest BCUT2D eigenvalue weighted by molar-refractivity contribution is 7.89. The van der Waals surface area contributed by atoms with Crippen molar-refractivity contribution in [3.8, 4) is 0 Å². The molecule has 7 nitrogen and oxygen atoms in total. The van der Waals surface area contributed by atoms with Gasteiger partial charge in [-0.05, 0) is 39.0 Å². The lowest BCUT2D eigenvalue weighted by molar-refractivity contribution is 0.527. The number of aryl methyl sites for hydroxylation is 3. The molecule has 0 aliphatic heterocycles. The molecule has 0 unspecified atom stereocenters. The Morgan fingerprint density at radius 2 is 2.00 bits per heavy atom. The van der Waals surface area contributed by atoms with Gasteiger partial charge >= 0.3 is 0 Å². The van der Waals surface area contributed by atoms with Gasteiger partial charge in [0.25, 0.3) is 10.0 Å². The Kier molecular flexibility index (Phi) is 4.18. The molecule has 8 heteroatoms. The van der Waals surface area contributed by atoms with E-state index in [1.54, 1.807) is 19.9 Å². The Balaban J connectivity index is 1.95. The molecular formula is C16H21N5O2S.